The lowest BCUT2D eigenvalue weighted by molar-refractivity contribution is -0.119. The summed E-state index contributed by atoms with van der Waals surface area (Å²) in [6.45, 7) is 4.54. The summed E-state index contributed by atoms with van der Waals surface area (Å²) in [6, 6.07) is 0. The van der Waals surface area contributed by atoms with Crippen LogP contribution >= 0.6 is 0 Å². The molecule has 3 nitrogen and oxygen atoms in total. The van der Waals surface area contributed by atoms with Gasteiger partial charge in [0, 0.05) is 12.8 Å². The van der Waals surface area contributed by atoms with Gasteiger partial charge in [0.25, 0.3) is 0 Å². The van der Waals surface area contributed by atoms with Crippen molar-refractivity contribution in [3.05, 3.63) is 11.6 Å². The molecule has 3 fully saturated rings. The number of hydrogen-bond donors (Lipinski definition) is 2. The summed E-state index contributed by atoms with van der Waals surface area (Å²) in [5, 5.41) is 21.1. The number of carbonyl (C=O) groups is 1. The maximum absolute atomic E-state index is 11.8. The molecule has 3 saturated carbocycles. The zero-order valence-electron chi connectivity index (χ0n) is 13.7. The molecule has 0 bridgehead atoms. The lowest BCUT2D eigenvalue weighted by atomic mass is 9.47. The van der Waals surface area contributed by atoms with E-state index in [4.69, 9.17) is 0 Å². The minimum Gasteiger partial charge on any atom is -0.393 e. The molecule has 0 aliphatic heterocycles. The van der Waals surface area contributed by atoms with Crippen molar-refractivity contribution in [3.63, 3.8) is 0 Å². The van der Waals surface area contributed by atoms with Crippen LogP contribution in [0.5, 0.6) is 0 Å². The number of ketones is 1. The SMILES string of the molecule is C[C@]12CC[C@@H]3[C@H](CCC4=CC(=O)CC[C@@]43C)[C@H]1[C@H](O)C[C@@H]2O. The van der Waals surface area contributed by atoms with E-state index in [0.29, 0.717) is 30.5 Å². The van der Waals surface area contributed by atoms with Crippen molar-refractivity contribution in [2.45, 2.75) is 71.0 Å². The Morgan fingerprint density at radius 1 is 1.14 bits per heavy atom. The van der Waals surface area contributed by atoms with Crippen LogP contribution in [0.4, 0.5) is 0 Å². The zero-order chi connectivity index (χ0) is 15.7. The van der Waals surface area contributed by atoms with Crippen LogP contribution in [0.3, 0.4) is 0 Å². The van der Waals surface area contributed by atoms with E-state index in [0.717, 1.165) is 32.1 Å². The highest BCUT2D eigenvalue weighted by Crippen LogP contribution is 2.65. The van der Waals surface area contributed by atoms with E-state index >= 15 is 0 Å². The molecule has 22 heavy (non-hydrogen) atoms. The second-order valence-electron chi connectivity index (χ2n) is 8.75. The number of rotatable bonds is 0. The van der Waals surface area contributed by atoms with Crippen LogP contribution in [0.1, 0.15) is 58.8 Å². The normalized spacial score (nSPS) is 54.3. The Hall–Kier alpha value is -0.670. The monoisotopic (exact) mass is 304 g/mol. The van der Waals surface area contributed by atoms with E-state index < -0.39 is 0 Å². The third-order valence-corrected chi connectivity index (χ3v) is 7.90. The molecule has 0 radical (unpaired) electrons. The third kappa shape index (κ3) is 1.78. The standard InChI is InChI=1S/C19H28O3/c1-18-7-5-12(20)9-11(18)3-4-13-14(18)6-8-19(2)16(22)10-15(21)17(13)19/h9,13-17,21-22H,3-8,10H2,1-2H3/t13-,14+,15+,16-,17-,18-,19+/m0/s1. The molecule has 0 aromatic heterocycles. The van der Waals surface area contributed by atoms with Crippen LogP contribution in [0.2, 0.25) is 0 Å². The molecule has 2 N–H and O–H groups in total. The molecule has 0 aromatic rings. The summed E-state index contributed by atoms with van der Waals surface area (Å²) in [7, 11) is 0. The number of aliphatic hydroxyl groups excluding tert-OH is 2. The Labute approximate surface area is 132 Å². The topological polar surface area (TPSA) is 57.5 Å². The van der Waals surface area contributed by atoms with Gasteiger partial charge in [-0.25, -0.2) is 0 Å². The average molecular weight is 304 g/mol. The minimum atomic E-state index is -0.355. The number of aliphatic hydroxyl groups is 2. The minimum absolute atomic E-state index is 0.108. The smallest absolute Gasteiger partial charge is 0.155 e. The first kappa shape index (κ1) is 14.9. The van der Waals surface area contributed by atoms with Gasteiger partial charge in [0.2, 0.25) is 0 Å². The van der Waals surface area contributed by atoms with E-state index in [2.05, 4.69) is 13.8 Å². The van der Waals surface area contributed by atoms with Crippen LogP contribution < -0.4 is 0 Å². The van der Waals surface area contributed by atoms with Gasteiger partial charge in [-0.3, -0.25) is 4.79 Å². The lowest BCUT2D eigenvalue weighted by Gasteiger charge is -2.58. The van der Waals surface area contributed by atoms with E-state index in [9.17, 15) is 15.0 Å². The molecular formula is C19H28O3. The lowest BCUT2D eigenvalue weighted by Crippen LogP contribution is -2.52. The fourth-order valence-corrected chi connectivity index (χ4v) is 6.59. The second-order valence-corrected chi connectivity index (χ2v) is 8.75. The van der Waals surface area contributed by atoms with Crippen LogP contribution in [-0.2, 0) is 4.79 Å². The molecule has 4 aliphatic carbocycles. The maximum Gasteiger partial charge on any atom is 0.155 e. The fourth-order valence-electron chi connectivity index (χ4n) is 6.59. The van der Waals surface area contributed by atoms with Crippen molar-refractivity contribution in [3.8, 4) is 0 Å². The molecule has 4 aliphatic rings. The molecule has 4 rings (SSSR count). The van der Waals surface area contributed by atoms with Gasteiger partial charge in [-0.15, -0.1) is 0 Å². The van der Waals surface area contributed by atoms with Gasteiger partial charge in [0.05, 0.1) is 12.2 Å². The first-order valence-corrected chi connectivity index (χ1v) is 8.96. The van der Waals surface area contributed by atoms with E-state index in [-0.39, 0.29) is 29.0 Å². The Morgan fingerprint density at radius 2 is 1.91 bits per heavy atom. The molecule has 0 heterocycles. The van der Waals surface area contributed by atoms with Gasteiger partial charge < -0.3 is 10.2 Å². The summed E-state index contributed by atoms with van der Waals surface area (Å²) in [5.41, 5.74) is 1.40. The summed E-state index contributed by atoms with van der Waals surface area (Å²) in [6.07, 6.45) is 7.62. The summed E-state index contributed by atoms with van der Waals surface area (Å²) < 4.78 is 0. The predicted octanol–water partition coefficient (Wildman–Crippen LogP) is 2.85. The van der Waals surface area contributed by atoms with Crippen molar-refractivity contribution >= 4 is 5.78 Å². The first-order chi connectivity index (χ1) is 10.4. The van der Waals surface area contributed by atoms with Crippen molar-refractivity contribution in [1.29, 1.82) is 0 Å². The molecule has 0 spiro atoms. The Morgan fingerprint density at radius 3 is 2.68 bits per heavy atom. The van der Waals surface area contributed by atoms with Gasteiger partial charge in [-0.2, -0.15) is 0 Å². The number of allylic oxidation sites excluding steroid dienone is 1. The van der Waals surface area contributed by atoms with Gasteiger partial charge >= 0.3 is 0 Å². The van der Waals surface area contributed by atoms with E-state index in [1.54, 1.807) is 0 Å². The van der Waals surface area contributed by atoms with E-state index in [1.165, 1.54) is 5.57 Å². The highest BCUT2D eigenvalue weighted by Gasteiger charge is 2.61. The van der Waals surface area contributed by atoms with Crippen LogP contribution in [0.15, 0.2) is 11.6 Å². The molecule has 0 amide bonds. The largest absolute Gasteiger partial charge is 0.393 e. The van der Waals surface area contributed by atoms with Gasteiger partial charge in [-0.1, -0.05) is 19.4 Å². The number of hydrogen-bond acceptors (Lipinski definition) is 3. The quantitative estimate of drug-likeness (QED) is 0.723. The van der Waals surface area contributed by atoms with Gasteiger partial charge in [-0.05, 0) is 66.8 Å². The van der Waals surface area contributed by atoms with Gasteiger partial charge in [0.15, 0.2) is 5.78 Å². The van der Waals surface area contributed by atoms with Crippen molar-refractivity contribution < 1.29 is 15.0 Å². The molecule has 3 heteroatoms. The van der Waals surface area contributed by atoms with Crippen molar-refractivity contribution in [2.24, 2.45) is 28.6 Å². The van der Waals surface area contributed by atoms with Gasteiger partial charge in [0.1, 0.15) is 0 Å². The fraction of sp³-hybridized carbons (Fsp3) is 0.842. The van der Waals surface area contributed by atoms with Crippen LogP contribution in [-0.4, -0.2) is 28.2 Å². The Bertz CT molecular complexity index is 539. The molecule has 0 saturated heterocycles. The summed E-state index contributed by atoms with van der Waals surface area (Å²) >= 11 is 0. The highest BCUT2D eigenvalue weighted by atomic mass is 16.3. The third-order valence-electron chi connectivity index (χ3n) is 7.90. The molecular weight excluding hydrogens is 276 g/mol. The summed E-state index contributed by atoms with van der Waals surface area (Å²) in [5.74, 6) is 1.60. The number of carbonyl (C=O) groups excluding carboxylic acids is 1. The summed E-state index contributed by atoms with van der Waals surface area (Å²) in [4.78, 5) is 11.8. The highest BCUT2D eigenvalue weighted by molar-refractivity contribution is 5.91. The molecule has 0 unspecified atom stereocenters. The molecule has 0 aromatic carbocycles. The van der Waals surface area contributed by atoms with Crippen LogP contribution in [0, 0.1) is 28.6 Å². The van der Waals surface area contributed by atoms with Crippen molar-refractivity contribution in [1.82, 2.24) is 0 Å². The average Bonchev–Trinajstić information content (AvgIpc) is 2.70. The zero-order valence-corrected chi connectivity index (χ0v) is 13.7. The van der Waals surface area contributed by atoms with E-state index in [1.807, 2.05) is 6.08 Å². The molecule has 122 valence electrons. The Kier molecular flexibility index (Phi) is 3.16. The number of fused-ring (bicyclic) bond motifs is 5. The first-order valence-electron chi connectivity index (χ1n) is 8.96. The Balaban J connectivity index is 1.71. The van der Waals surface area contributed by atoms with Crippen LogP contribution in [0.25, 0.3) is 0 Å². The predicted molar refractivity (Wildman–Crippen MR) is 84.1 cm³/mol. The second kappa shape index (κ2) is 4.67. The molecule has 7 atom stereocenters. The van der Waals surface area contributed by atoms with Crippen molar-refractivity contribution in [2.75, 3.05) is 0 Å². The maximum atomic E-state index is 11.8.